The van der Waals surface area contributed by atoms with Crippen LogP contribution in [0.2, 0.25) is 0 Å². The standard InChI is InChI=1S/C24H19N5O2/c30-24(31)18-9-8-17(13-19(18)23-25-10-11-26-23)27-14-15-4-3-5-16(12-15)22-28-20-6-1-2-7-21(20)29-22/h1-13,27H,14H2,(H,25,26)(H,28,29)(H,30,31). The Morgan fingerprint density at radius 2 is 1.90 bits per heavy atom. The molecule has 0 atom stereocenters. The molecule has 0 bridgehead atoms. The minimum atomic E-state index is -0.989. The number of aromatic amines is 2. The van der Waals surface area contributed by atoms with Gasteiger partial charge in [-0.15, -0.1) is 0 Å². The fourth-order valence-electron chi connectivity index (χ4n) is 3.57. The molecule has 0 unspecified atom stereocenters. The Morgan fingerprint density at radius 1 is 1.00 bits per heavy atom. The lowest BCUT2D eigenvalue weighted by atomic mass is 10.1. The van der Waals surface area contributed by atoms with Crippen molar-refractivity contribution in [1.29, 1.82) is 0 Å². The number of anilines is 1. The van der Waals surface area contributed by atoms with Crippen LogP contribution >= 0.6 is 0 Å². The van der Waals surface area contributed by atoms with Crippen LogP contribution in [-0.2, 0) is 6.54 Å². The topological polar surface area (TPSA) is 107 Å². The van der Waals surface area contributed by atoms with Gasteiger partial charge in [0.05, 0.1) is 16.6 Å². The van der Waals surface area contributed by atoms with E-state index in [1.807, 2.05) is 42.5 Å². The second-order valence-corrected chi connectivity index (χ2v) is 7.16. The molecule has 0 saturated carbocycles. The number of para-hydroxylation sites is 2. The monoisotopic (exact) mass is 409 g/mol. The predicted octanol–water partition coefficient (Wildman–Crippen LogP) is 4.93. The highest BCUT2D eigenvalue weighted by atomic mass is 16.4. The van der Waals surface area contributed by atoms with Gasteiger partial charge in [0.15, 0.2) is 0 Å². The zero-order valence-electron chi connectivity index (χ0n) is 16.5. The summed E-state index contributed by atoms with van der Waals surface area (Å²) in [5.41, 5.74) is 5.58. The van der Waals surface area contributed by atoms with Crippen molar-refractivity contribution in [2.75, 3.05) is 5.32 Å². The summed E-state index contributed by atoms with van der Waals surface area (Å²) in [6.45, 7) is 0.581. The van der Waals surface area contributed by atoms with Crippen molar-refractivity contribution in [3.05, 3.63) is 90.3 Å². The van der Waals surface area contributed by atoms with E-state index in [1.54, 1.807) is 30.6 Å². The van der Waals surface area contributed by atoms with Crippen molar-refractivity contribution in [2.45, 2.75) is 6.54 Å². The Labute approximate surface area is 177 Å². The van der Waals surface area contributed by atoms with Gasteiger partial charge in [0.1, 0.15) is 11.6 Å². The Kier molecular flexibility index (Phi) is 4.68. The van der Waals surface area contributed by atoms with Crippen LogP contribution in [0.4, 0.5) is 5.69 Å². The summed E-state index contributed by atoms with van der Waals surface area (Å²) < 4.78 is 0. The first-order valence-electron chi connectivity index (χ1n) is 9.82. The molecule has 152 valence electrons. The number of nitrogens with one attached hydrogen (secondary N) is 3. The first kappa shape index (κ1) is 18.6. The van der Waals surface area contributed by atoms with Crippen LogP contribution in [0.15, 0.2) is 79.1 Å². The van der Waals surface area contributed by atoms with Crippen LogP contribution < -0.4 is 5.32 Å². The molecule has 0 aliphatic rings. The number of hydrogen-bond acceptors (Lipinski definition) is 4. The van der Waals surface area contributed by atoms with Gasteiger partial charge in [0, 0.05) is 35.8 Å². The molecule has 0 spiro atoms. The maximum absolute atomic E-state index is 11.6. The molecule has 0 radical (unpaired) electrons. The molecule has 3 aromatic carbocycles. The molecule has 0 aliphatic heterocycles. The maximum atomic E-state index is 11.6. The lowest BCUT2D eigenvalue weighted by molar-refractivity contribution is 0.0697. The van der Waals surface area contributed by atoms with Crippen molar-refractivity contribution < 1.29 is 9.90 Å². The molecule has 2 aromatic heterocycles. The molecule has 31 heavy (non-hydrogen) atoms. The number of carboxylic acid groups (broad SMARTS) is 1. The number of aromatic carboxylic acids is 1. The molecular weight excluding hydrogens is 390 g/mol. The van der Waals surface area contributed by atoms with Crippen molar-refractivity contribution >= 4 is 22.7 Å². The molecule has 0 saturated heterocycles. The molecule has 5 aromatic rings. The largest absolute Gasteiger partial charge is 0.478 e. The van der Waals surface area contributed by atoms with Crippen LogP contribution in [0.5, 0.6) is 0 Å². The SMILES string of the molecule is O=C(O)c1ccc(NCc2cccc(-c3nc4ccccc4[nH]3)c2)cc1-c1ncc[nH]1. The fourth-order valence-corrected chi connectivity index (χ4v) is 3.57. The number of H-pyrrole nitrogens is 2. The zero-order valence-corrected chi connectivity index (χ0v) is 16.5. The number of carbonyl (C=O) groups is 1. The molecule has 5 rings (SSSR count). The fraction of sp³-hybridized carbons (Fsp3) is 0.0417. The molecule has 0 fully saturated rings. The maximum Gasteiger partial charge on any atom is 0.336 e. The second-order valence-electron chi connectivity index (χ2n) is 7.16. The van der Waals surface area contributed by atoms with E-state index in [9.17, 15) is 9.90 Å². The average molecular weight is 409 g/mol. The zero-order chi connectivity index (χ0) is 21.2. The number of carboxylic acids is 1. The highest BCUT2D eigenvalue weighted by Gasteiger charge is 2.14. The van der Waals surface area contributed by atoms with Crippen molar-refractivity contribution in [1.82, 2.24) is 19.9 Å². The number of hydrogen-bond donors (Lipinski definition) is 4. The van der Waals surface area contributed by atoms with E-state index in [4.69, 9.17) is 0 Å². The van der Waals surface area contributed by atoms with E-state index in [0.717, 1.165) is 33.7 Å². The Balaban J connectivity index is 1.38. The van der Waals surface area contributed by atoms with E-state index in [0.29, 0.717) is 17.9 Å². The minimum Gasteiger partial charge on any atom is -0.478 e. The van der Waals surface area contributed by atoms with E-state index in [-0.39, 0.29) is 5.56 Å². The van der Waals surface area contributed by atoms with Gasteiger partial charge in [0.2, 0.25) is 0 Å². The number of imidazole rings is 2. The summed E-state index contributed by atoms with van der Waals surface area (Å²) in [6, 6.07) is 21.3. The van der Waals surface area contributed by atoms with E-state index < -0.39 is 5.97 Å². The average Bonchev–Trinajstić information content (AvgIpc) is 3.47. The summed E-state index contributed by atoms with van der Waals surface area (Å²) in [5.74, 6) is 0.360. The molecule has 4 N–H and O–H groups in total. The lowest BCUT2D eigenvalue weighted by Crippen LogP contribution is -2.04. The van der Waals surface area contributed by atoms with Gasteiger partial charge in [0.25, 0.3) is 0 Å². The molecule has 2 heterocycles. The summed E-state index contributed by atoms with van der Waals surface area (Å²) >= 11 is 0. The summed E-state index contributed by atoms with van der Waals surface area (Å²) in [7, 11) is 0. The van der Waals surface area contributed by atoms with Crippen LogP contribution in [0.1, 0.15) is 15.9 Å². The third-order valence-electron chi connectivity index (χ3n) is 5.09. The van der Waals surface area contributed by atoms with Gasteiger partial charge in [-0.25, -0.2) is 14.8 Å². The van der Waals surface area contributed by atoms with Crippen LogP contribution in [0.25, 0.3) is 33.8 Å². The van der Waals surface area contributed by atoms with Crippen LogP contribution in [0, 0.1) is 0 Å². The van der Waals surface area contributed by atoms with Crippen molar-refractivity contribution in [3.8, 4) is 22.8 Å². The second kappa shape index (κ2) is 7.79. The van der Waals surface area contributed by atoms with Crippen LogP contribution in [-0.4, -0.2) is 31.0 Å². The summed E-state index contributed by atoms with van der Waals surface area (Å²) in [6.07, 6.45) is 3.27. The minimum absolute atomic E-state index is 0.201. The van der Waals surface area contributed by atoms with Crippen molar-refractivity contribution in [3.63, 3.8) is 0 Å². The van der Waals surface area contributed by atoms with Gasteiger partial charge in [-0.3, -0.25) is 0 Å². The predicted molar refractivity (Wildman–Crippen MR) is 120 cm³/mol. The first-order chi connectivity index (χ1) is 15.2. The number of aromatic nitrogens is 4. The number of nitrogens with zero attached hydrogens (tertiary/aromatic N) is 2. The van der Waals surface area contributed by atoms with Gasteiger partial charge in [-0.05, 0) is 42.0 Å². The third-order valence-corrected chi connectivity index (χ3v) is 5.09. The third kappa shape index (κ3) is 3.76. The highest BCUT2D eigenvalue weighted by Crippen LogP contribution is 2.26. The smallest absolute Gasteiger partial charge is 0.336 e. The molecule has 0 aliphatic carbocycles. The molecule has 7 heteroatoms. The van der Waals surface area contributed by atoms with E-state index >= 15 is 0 Å². The van der Waals surface area contributed by atoms with Gasteiger partial charge in [-0.2, -0.15) is 0 Å². The molecule has 0 amide bonds. The van der Waals surface area contributed by atoms with E-state index in [2.05, 4.69) is 31.3 Å². The first-order valence-corrected chi connectivity index (χ1v) is 9.82. The highest BCUT2D eigenvalue weighted by molar-refractivity contribution is 5.96. The quantitative estimate of drug-likeness (QED) is 0.318. The van der Waals surface area contributed by atoms with Gasteiger partial charge < -0.3 is 20.4 Å². The number of rotatable bonds is 6. The Morgan fingerprint density at radius 3 is 2.71 bits per heavy atom. The summed E-state index contributed by atoms with van der Waals surface area (Å²) in [4.78, 5) is 26.8. The number of benzene rings is 3. The molecular formula is C24H19N5O2. The molecule has 7 nitrogen and oxygen atoms in total. The number of fused-ring (bicyclic) bond motifs is 1. The van der Waals surface area contributed by atoms with Crippen LogP contribution in [0.3, 0.4) is 0 Å². The van der Waals surface area contributed by atoms with Gasteiger partial charge in [-0.1, -0.05) is 30.3 Å². The normalized spacial score (nSPS) is 11.0. The van der Waals surface area contributed by atoms with Gasteiger partial charge >= 0.3 is 5.97 Å². The van der Waals surface area contributed by atoms with E-state index in [1.165, 1.54) is 0 Å². The Bertz CT molecular complexity index is 1340. The van der Waals surface area contributed by atoms with Crippen molar-refractivity contribution in [2.24, 2.45) is 0 Å². The Hall–Kier alpha value is -4.39. The lowest BCUT2D eigenvalue weighted by Gasteiger charge is -2.11. The summed E-state index contributed by atoms with van der Waals surface area (Å²) in [5, 5.41) is 12.9.